The topological polar surface area (TPSA) is 23.0 Å². The lowest BCUT2D eigenvalue weighted by Crippen LogP contribution is -1.99. The molecule has 0 aliphatic heterocycles. The van der Waals surface area contributed by atoms with Crippen LogP contribution in [0.5, 0.6) is 0 Å². The molecule has 0 saturated heterocycles. The number of benzene rings is 9. The van der Waals surface area contributed by atoms with Gasteiger partial charge in [-0.2, -0.15) is 0 Å². The van der Waals surface area contributed by atoms with Crippen LogP contribution in [0, 0.1) is 0 Å². The van der Waals surface area contributed by atoms with Crippen molar-refractivity contribution < 1.29 is 4.42 Å². The van der Waals surface area contributed by atoms with Crippen molar-refractivity contribution in [1.82, 2.24) is 9.13 Å². The molecule has 53 heavy (non-hydrogen) atoms. The molecule has 0 saturated carbocycles. The fourth-order valence-corrected chi connectivity index (χ4v) is 9.71. The van der Waals surface area contributed by atoms with E-state index in [1.807, 2.05) is 0 Å². The van der Waals surface area contributed by atoms with Crippen molar-refractivity contribution in [3.05, 3.63) is 170 Å². The Morgan fingerprint density at radius 2 is 1.02 bits per heavy atom. The van der Waals surface area contributed by atoms with E-state index in [1.165, 1.54) is 81.9 Å². The zero-order valence-electron chi connectivity index (χ0n) is 28.5. The van der Waals surface area contributed by atoms with E-state index in [4.69, 9.17) is 4.42 Å². The first-order valence-electron chi connectivity index (χ1n) is 18.3. The van der Waals surface area contributed by atoms with Gasteiger partial charge in [0.15, 0.2) is 0 Å². The number of para-hydroxylation sites is 2. The number of aromatic nitrogens is 2. The Balaban J connectivity index is 1.28. The van der Waals surface area contributed by atoms with Crippen LogP contribution in [0.4, 0.5) is 0 Å². The van der Waals surface area contributed by atoms with E-state index in [1.54, 1.807) is 0 Å². The Kier molecular flexibility index (Phi) is 5.11. The van der Waals surface area contributed by atoms with Crippen molar-refractivity contribution >= 4 is 87.1 Å². The van der Waals surface area contributed by atoms with Crippen LogP contribution in [0.15, 0.2) is 174 Å². The van der Waals surface area contributed by atoms with Crippen LogP contribution < -0.4 is 0 Å². The Labute approximate surface area is 303 Å². The molecule has 0 radical (unpaired) electrons. The Bertz CT molecular complexity index is 3570. The van der Waals surface area contributed by atoms with Crippen LogP contribution in [-0.2, 0) is 0 Å². The van der Waals surface area contributed by atoms with Gasteiger partial charge in [-0.15, -0.1) is 0 Å². The van der Waals surface area contributed by atoms with Crippen LogP contribution in [0.1, 0.15) is 0 Å². The molecule has 0 amide bonds. The van der Waals surface area contributed by atoms with Crippen molar-refractivity contribution in [2.24, 2.45) is 0 Å². The number of hydrogen-bond acceptors (Lipinski definition) is 1. The summed E-state index contributed by atoms with van der Waals surface area (Å²) in [6.07, 6.45) is 0. The van der Waals surface area contributed by atoms with E-state index in [0.717, 1.165) is 38.8 Å². The Morgan fingerprint density at radius 1 is 0.340 bits per heavy atom. The van der Waals surface area contributed by atoms with Crippen molar-refractivity contribution in [2.75, 3.05) is 0 Å². The highest BCUT2D eigenvalue weighted by atomic mass is 16.3. The summed E-state index contributed by atoms with van der Waals surface area (Å²) in [4.78, 5) is 0. The zero-order chi connectivity index (χ0) is 34.4. The van der Waals surface area contributed by atoms with E-state index in [2.05, 4.69) is 179 Å². The van der Waals surface area contributed by atoms with Gasteiger partial charge in [0.05, 0.1) is 27.8 Å². The molecule has 13 rings (SSSR count). The number of nitrogens with zero attached hydrogens (tertiary/aromatic N) is 2. The highest BCUT2D eigenvalue weighted by Gasteiger charge is 2.26. The molecule has 244 valence electrons. The summed E-state index contributed by atoms with van der Waals surface area (Å²) in [5.41, 5.74) is 14.1. The van der Waals surface area contributed by atoms with Crippen LogP contribution >= 0.6 is 0 Å². The molecule has 0 spiro atoms. The standard InChI is InChI=1S/C50H28N2O/c1-2-14-32-29(11-1)12-10-21-41(32)52-43-25-26-45-48(38-18-6-8-22-44(38)53-45)47(43)39-24-23-37-35-17-5-7-20-42(35)51(49(37)50(39)52)31-27-30-13-9-19-36-33-15-3-4-16-34(33)40(28-31)46(30)36/h1-28H. The van der Waals surface area contributed by atoms with Gasteiger partial charge in [0.1, 0.15) is 11.2 Å². The highest BCUT2D eigenvalue weighted by molar-refractivity contribution is 6.32. The molecule has 0 bridgehead atoms. The average Bonchev–Trinajstić information content (AvgIpc) is 3.95. The smallest absolute Gasteiger partial charge is 0.136 e. The second-order valence-corrected chi connectivity index (χ2v) is 14.4. The lowest BCUT2D eigenvalue weighted by molar-refractivity contribution is 0.669. The van der Waals surface area contributed by atoms with E-state index >= 15 is 0 Å². The predicted molar refractivity (Wildman–Crippen MR) is 222 cm³/mol. The van der Waals surface area contributed by atoms with Crippen LogP contribution in [0.3, 0.4) is 0 Å². The van der Waals surface area contributed by atoms with Crippen LogP contribution in [0.2, 0.25) is 0 Å². The second-order valence-electron chi connectivity index (χ2n) is 14.4. The predicted octanol–water partition coefficient (Wildman–Crippen LogP) is 13.7. The summed E-state index contributed by atoms with van der Waals surface area (Å²) in [5.74, 6) is 0. The van der Waals surface area contributed by atoms with Crippen molar-refractivity contribution in [1.29, 1.82) is 0 Å². The molecular weight excluding hydrogens is 645 g/mol. The largest absolute Gasteiger partial charge is 0.456 e. The average molecular weight is 673 g/mol. The first kappa shape index (κ1) is 27.6. The normalized spacial score (nSPS) is 12.5. The van der Waals surface area contributed by atoms with Gasteiger partial charge in [0, 0.05) is 43.4 Å². The van der Waals surface area contributed by atoms with Gasteiger partial charge in [0.2, 0.25) is 0 Å². The van der Waals surface area contributed by atoms with Gasteiger partial charge >= 0.3 is 0 Å². The summed E-state index contributed by atoms with van der Waals surface area (Å²) >= 11 is 0. The first-order chi connectivity index (χ1) is 26.3. The first-order valence-corrected chi connectivity index (χ1v) is 18.3. The SMILES string of the molecule is c1ccc2c(c1)-c1cccc3cc(-n4c5ccccc5c5ccc6c7c8c(ccc7n(-c7cccc9ccccc79)c6c54)oc4ccccc48)cc-2c13. The van der Waals surface area contributed by atoms with Crippen LogP contribution in [0.25, 0.3) is 121 Å². The fourth-order valence-electron chi connectivity index (χ4n) is 9.71. The molecule has 0 N–H and O–H groups in total. The summed E-state index contributed by atoms with van der Waals surface area (Å²) in [5, 5.41) is 12.2. The minimum atomic E-state index is 0.906. The van der Waals surface area contributed by atoms with Gasteiger partial charge in [-0.3, -0.25) is 0 Å². The third kappa shape index (κ3) is 3.44. The molecule has 3 aromatic heterocycles. The molecule has 12 aromatic rings. The molecule has 1 aliphatic carbocycles. The van der Waals surface area contributed by atoms with E-state index in [-0.39, 0.29) is 0 Å². The molecule has 0 unspecified atom stereocenters. The van der Waals surface area contributed by atoms with Gasteiger partial charge in [0.25, 0.3) is 0 Å². The summed E-state index contributed by atoms with van der Waals surface area (Å²) in [7, 11) is 0. The van der Waals surface area contributed by atoms with E-state index < -0.39 is 0 Å². The minimum absolute atomic E-state index is 0.906. The fraction of sp³-hybridized carbons (Fsp3) is 0. The quantitative estimate of drug-likeness (QED) is 0.179. The van der Waals surface area contributed by atoms with Crippen molar-refractivity contribution in [2.45, 2.75) is 0 Å². The maximum absolute atomic E-state index is 6.51. The molecule has 0 fully saturated rings. The number of hydrogen-bond donors (Lipinski definition) is 0. The van der Waals surface area contributed by atoms with Crippen LogP contribution in [-0.4, -0.2) is 9.13 Å². The summed E-state index contributed by atoms with van der Waals surface area (Å²) < 4.78 is 11.6. The third-order valence-electron chi connectivity index (χ3n) is 11.8. The molecule has 0 atom stereocenters. The molecule has 9 aromatic carbocycles. The summed E-state index contributed by atoms with van der Waals surface area (Å²) in [6, 6.07) is 62.3. The lowest BCUT2D eigenvalue weighted by atomic mass is 10.0. The van der Waals surface area contributed by atoms with E-state index in [9.17, 15) is 0 Å². The van der Waals surface area contributed by atoms with Gasteiger partial charge in [-0.1, -0.05) is 127 Å². The van der Waals surface area contributed by atoms with Gasteiger partial charge in [-0.05, 0) is 80.9 Å². The van der Waals surface area contributed by atoms with Crippen molar-refractivity contribution in [3.8, 4) is 33.6 Å². The molecule has 3 heterocycles. The molecule has 3 heteroatoms. The Hall–Kier alpha value is -7.10. The van der Waals surface area contributed by atoms with Gasteiger partial charge < -0.3 is 13.6 Å². The molecular formula is C50H28N2O. The second kappa shape index (κ2) is 9.81. The number of fused-ring (bicyclic) bond motifs is 15. The zero-order valence-corrected chi connectivity index (χ0v) is 28.5. The Morgan fingerprint density at radius 3 is 1.94 bits per heavy atom. The van der Waals surface area contributed by atoms with E-state index in [0.29, 0.717) is 0 Å². The highest BCUT2D eigenvalue weighted by Crippen LogP contribution is 2.50. The monoisotopic (exact) mass is 672 g/mol. The summed E-state index contributed by atoms with van der Waals surface area (Å²) in [6.45, 7) is 0. The van der Waals surface area contributed by atoms with Crippen molar-refractivity contribution in [3.63, 3.8) is 0 Å². The molecule has 3 nitrogen and oxygen atoms in total. The maximum Gasteiger partial charge on any atom is 0.136 e. The van der Waals surface area contributed by atoms with Gasteiger partial charge in [-0.25, -0.2) is 0 Å². The number of furan rings is 1. The lowest BCUT2D eigenvalue weighted by Gasteiger charge is -2.15. The third-order valence-corrected chi connectivity index (χ3v) is 11.8. The minimum Gasteiger partial charge on any atom is -0.456 e. The maximum atomic E-state index is 6.51. The number of rotatable bonds is 2. The molecule has 1 aliphatic rings.